The molecule has 0 unspecified atom stereocenters. The Morgan fingerprint density at radius 1 is 0.889 bits per heavy atom. The molecule has 0 atom stereocenters. The Morgan fingerprint density at radius 3 is 2.44 bits per heavy atom. The van der Waals surface area contributed by atoms with Gasteiger partial charge in [0, 0.05) is 38.9 Å². The second-order valence-electron chi connectivity index (χ2n) is 6.49. The molecule has 1 aliphatic rings. The van der Waals surface area contributed by atoms with Gasteiger partial charge in [0.1, 0.15) is 12.1 Å². The Hall–Kier alpha value is -2.74. The fourth-order valence-electron chi connectivity index (χ4n) is 3.43. The molecule has 2 aromatic heterocycles. The third-order valence-electron chi connectivity index (χ3n) is 4.78. The normalized spacial score (nSPS) is 16.0. The lowest BCUT2D eigenvalue weighted by atomic mass is 10.1. The van der Waals surface area contributed by atoms with E-state index < -0.39 is 11.7 Å². The third-order valence-corrected chi connectivity index (χ3v) is 4.78. The summed E-state index contributed by atoms with van der Waals surface area (Å²) in [5, 5.41) is 0.885. The third kappa shape index (κ3) is 3.71. The Bertz CT molecular complexity index is 931. The SMILES string of the molecule is FC(F)(F)c1ccccc1CN1CCN(c2ncnc3ncccc23)CC1. The van der Waals surface area contributed by atoms with E-state index in [1.54, 1.807) is 18.3 Å². The fourth-order valence-corrected chi connectivity index (χ4v) is 3.43. The number of nitrogens with zero attached hydrogens (tertiary/aromatic N) is 5. The largest absolute Gasteiger partial charge is 0.416 e. The highest BCUT2D eigenvalue weighted by Crippen LogP contribution is 2.32. The van der Waals surface area contributed by atoms with Gasteiger partial charge in [0.05, 0.1) is 10.9 Å². The number of benzene rings is 1. The standard InChI is InChI=1S/C19H18F3N5/c20-19(21,22)16-6-2-1-4-14(16)12-26-8-10-27(11-9-26)18-15-5-3-7-23-17(15)24-13-25-18/h1-7,13H,8-12H2. The molecule has 27 heavy (non-hydrogen) atoms. The number of piperazine rings is 1. The van der Waals surface area contributed by atoms with Crippen molar-refractivity contribution in [3.63, 3.8) is 0 Å². The van der Waals surface area contributed by atoms with Crippen molar-refractivity contribution in [1.29, 1.82) is 0 Å². The molecule has 5 nitrogen and oxygen atoms in total. The van der Waals surface area contributed by atoms with Gasteiger partial charge in [-0.3, -0.25) is 4.90 Å². The Labute approximate surface area is 154 Å². The Kier molecular flexibility index (Phi) is 4.65. The van der Waals surface area contributed by atoms with Gasteiger partial charge in [0.2, 0.25) is 0 Å². The van der Waals surface area contributed by atoms with E-state index in [9.17, 15) is 13.2 Å². The van der Waals surface area contributed by atoms with E-state index in [1.807, 2.05) is 17.0 Å². The van der Waals surface area contributed by atoms with Gasteiger partial charge in [-0.2, -0.15) is 13.2 Å². The molecule has 0 spiro atoms. The maximum Gasteiger partial charge on any atom is 0.416 e. The first-order valence-corrected chi connectivity index (χ1v) is 8.70. The molecule has 0 N–H and O–H groups in total. The zero-order valence-electron chi connectivity index (χ0n) is 14.5. The van der Waals surface area contributed by atoms with Crippen molar-refractivity contribution < 1.29 is 13.2 Å². The van der Waals surface area contributed by atoms with Gasteiger partial charge in [0.25, 0.3) is 0 Å². The highest BCUT2D eigenvalue weighted by atomic mass is 19.4. The monoisotopic (exact) mass is 373 g/mol. The highest BCUT2D eigenvalue weighted by molar-refractivity contribution is 5.86. The van der Waals surface area contributed by atoms with Gasteiger partial charge in [-0.15, -0.1) is 0 Å². The van der Waals surface area contributed by atoms with E-state index in [-0.39, 0.29) is 6.54 Å². The van der Waals surface area contributed by atoms with Crippen LogP contribution >= 0.6 is 0 Å². The number of halogens is 3. The van der Waals surface area contributed by atoms with E-state index >= 15 is 0 Å². The molecule has 1 saturated heterocycles. The molecular formula is C19H18F3N5. The fraction of sp³-hybridized carbons (Fsp3) is 0.316. The van der Waals surface area contributed by atoms with Gasteiger partial charge in [0.15, 0.2) is 5.65 Å². The van der Waals surface area contributed by atoms with E-state index in [1.165, 1.54) is 12.4 Å². The van der Waals surface area contributed by atoms with Crippen LogP contribution < -0.4 is 4.90 Å². The quantitative estimate of drug-likeness (QED) is 0.704. The molecule has 1 aliphatic heterocycles. The van der Waals surface area contributed by atoms with Crippen LogP contribution in [0.1, 0.15) is 11.1 Å². The lowest BCUT2D eigenvalue weighted by Crippen LogP contribution is -2.46. The summed E-state index contributed by atoms with van der Waals surface area (Å²) in [4.78, 5) is 17.0. The van der Waals surface area contributed by atoms with E-state index in [0.29, 0.717) is 37.4 Å². The van der Waals surface area contributed by atoms with Gasteiger partial charge in [-0.05, 0) is 23.8 Å². The summed E-state index contributed by atoms with van der Waals surface area (Å²) in [5.74, 6) is 0.823. The Balaban J connectivity index is 1.47. The minimum Gasteiger partial charge on any atom is -0.353 e. The number of hydrogen-bond acceptors (Lipinski definition) is 5. The maximum atomic E-state index is 13.2. The summed E-state index contributed by atoms with van der Waals surface area (Å²) in [5.41, 5.74) is 0.402. The van der Waals surface area contributed by atoms with Gasteiger partial charge < -0.3 is 4.90 Å². The molecule has 1 fully saturated rings. The molecule has 3 heterocycles. The molecule has 8 heteroatoms. The molecule has 1 aromatic carbocycles. The lowest BCUT2D eigenvalue weighted by molar-refractivity contribution is -0.138. The second kappa shape index (κ2) is 7.11. The summed E-state index contributed by atoms with van der Waals surface area (Å²) in [7, 11) is 0. The van der Waals surface area contributed by atoms with E-state index in [2.05, 4.69) is 19.9 Å². The van der Waals surface area contributed by atoms with Crippen molar-refractivity contribution in [3.05, 3.63) is 60.0 Å². The first-order valence-electron chi connectivity index (χ1n) is 8.70. The summed E-state index contributed by atoms with van der Waals surface area (Å²) in [6.45, 7) is 3.00. The minimum atomic E-state index is -4.33. The molecule has 0 bridgehead atoms. The van der Waals surface area contributed by atoms with Crippen molar-refractivity contribution in [2.75, 3.05) is 31.1 Å². The van der Waals surface area contributed by atoms with Crippen LogP contribution in [0.25, 0.3) is 11.0 Å². The van der Waals surface area contributed by atoms with E-state index in [0.717, 1.165) is 17.3 Å². The molecule has 140 valence electrons. The molecule has 0 radical (unpaired) electrons. The van der Waals surface area contributed by atoms with Gasteiger partial charge in [-0.25, -0.2) is 15.0 Å². The second-order valence-corrected chi connectivity index (χ2v) is 6.49. The van der Waals surface area contributed by atoms with Crippen molar-refractivity contribution in [1.82, 2.24) is 19.9 Å². The number of fused-ring (bicyclic) bond motifs is 1. The summed E-state index contributed by atoms with van der Waals surface area (Å²) < 4.78 is 39.6. The van der Waals surface area contributed by atoms with Crippen molar-refractivity contribution in [2.45, 2.75) is 12.7 Å². The van der Waals surface area contributed by atoms with Crippen molar-refractivity contribution in [3.8, 4) is 0 Å². The average Bonchev–Trinajstić information content (AvgIpc) is 2.68. The first kappa shape index (κ1) is 17.7. The zero-order chi connectivity index (χ0) is 18.9. The van der Waals surface area contributed by atoms with Crippen LogP contribution in [0.2, 0.25) is 0 Å². The lowest BCUT2D eigenvalue weighted by Gasteiger charge is -2.36. The van der Waals surface area contributed by atoms with Crippen LogP contribution in [0.15, 0.2) is 48.9 Å². The number of alkyl halides is 3. The first-order chi connectivity index (χ1) is 13.0. The van der Waals surface area contributed by atoms with Gasteiger partial charge in [-0.1, -0.05) is 18.2 Å². The number of rotatable bonds is 3. The predicted molar refractivity (Wildman–Crippen MR) is 96.3 cm³/mol. The highest BCUT2D eigenvalue weighted by Gasteiger charge is 2.33. The number of pyridine rings is 1. The van der Waals surface area contributed by atoms with Crippen LogP contribution in [-0.2, 0) is 12.7 Å². The van der Waals surface area contributed by atoms with Crippen LogP contribution in [-0.4, -0.2) is 46.0 Å². The summed E-state index contributed by atoms with van der Waals surface area (Å²) >= 11 is 0. The van der Waals surface area contributed by atoms with Crippen LogP contribution in [0.5, 0.6) is 0 Å². The average molecular weight is 373 g/mol. The minimum absolute atomic E-state index is 0.287. The van der Waals surface area contributed by atoms with Crippen molar-refractivity contribution in [2.24, 2.45) is 0 Å². The van der Waals surface area contributed by atoms with Crippen LogP contribution in [0.4, 0.5) is 19.0 Å². The number of anilines is 1. The predicted octanol–water partition coefficient (Wildman–Crippen LogP) is 3.37. The smallest absolute Gasteiger partial charge is 0.353 e. The number of aromatic nitrogens is 3. The molecule has 0 aliphatic carbocycles. The summed E-state index contributed by atoms with van der Waals surface area (Å²) in [6.07, 6.45) is -1.14. The molecule has 0 saturated carbocycles. The Morgan fingerprint density at radius 2 is 1.67 bits per heavy atom. The topological polar surface area (TPSA) is 45.2 Å². The molecule has 4 rings (SSSR count). The van der Waals surface area contributed by atoms with Crippen LogP contribution in [0.3, 0.4) is 0 Å². The zero-order valence-corrected chi connectivity index (χ0v) is 14.5. The van der Waals surface area contributed by atoms with Crippen LogP contribution in [0, 0.1) is 0 Å². The molecular weight excluding hydrogens is 355 g/mol. The molecule has 0 amide bonds. The van der Waals surface area contributed by atoms with E-state index in [4.69, 9.17) is 0 Å². The number of hydrogen-bond donors (Lipinski definition) is 0. The maximum absolute atomic E-state index is 13.2. The van der Waals surface area contributed by atoms with Crippen molar-refractivity contribution >= 4 is 16.9 Å². The molecule has 3 aromatic rings. The van der Waals surface area contributed by atoms with Gasteiger partial charge >= 0.3 is 6.18 Å². The summed E-state index contributed by atoms with van der Waals surface area (Å²) in [6, 6.07) is 9.56.